The minimum Gasteiger partial charge on any atom is -0.371 e. The lowest BCUT2D eigenvalue weighted by atomic mass is 9.95. The van der Waals surface area contributed by atoms with Crippen LogP contribution < -0.4 is 15.5 Å². The lowest BCUT2D eigenvalue weighted by Gasteiger charge is -2.35. The molecule has 3 unspecified atom stereocenters. The van der Waals surface area contributed by atoms with Crippen molar-refractivity contribution in [3.63, 3.8) is 0 Å². The number of guanidine groups is 1. The Labute approximate surface area is 174 Å². The number of hydrogen-bond acceptors (Lipinski definition) is 3. The molecule has 0 radical (unpaired) electrons. The Morgan fingerprint density at radius 3 is 2.45 bits per heavy atom. The van der Waals surface area contributed by atoms with Gasteiger partial charge in [0.2, 0.25) is 5.91 Å². The molecule has 1 saturated heterocycles. The molecule has 0 spiro atoms. The third-order valence-corrected chi connectivity index (χ3v) is 6.89. The number of aliphatic imine (C=N–C) groups is 1. The Hall–Kier alpha value is -2.24. The molecule has 2 bridgehead atoms. The van der Waals surface area contributed by atoms with E-state index >= 15 is 0 Å². The third-order valence-electron chi connectivity index (χ3n) is 6.89. The normalized spacial score (nSPS) is 27.2. The van der Waals surface area contributed by atoms with Crippen LogP contribution in [0.3, 0.4) is 0 Å². The summed E-state index contributed by atoms with van der Waals surface area (Å²) in [6.07, 6.45) is 7.49. The zero-order valence-electron chi connectivity index (χ0n) is 17.8. The Morgan fingerprint density at radius 1 is 1.07 bits per heavy atom. The molecule has 3 fully saturated rings. The van der Waals surface area contributed by atoms with Gasteiger partial charge < -0.3 is 20.4 Å². The number of fused-ring (bicyclic) bond motifs is 2. The number of amides is 1. The van der Waals surface area contributed by atoms with Crippen LogP contribution in [0.5, 0.6) is 0 Å². The van der Waals surface area contributed by atoms with Crippen molar-refractivity contribution < 1.29 is 4.79 Å². The molecule has 6 heteroatoms. The number of rotatable bonds is 5. The highest BCUT2D eigenvalue weighted by atomic mass is 16.2. The first-order valence-electron chi connectivity index (χ1n) is 11.2. The van der Waals surface area contributed by atoms with E-state index in [4.69, 9.17) is 0 Å². The summed E-state index contributed by atoms with van der Waals surface area (Å²) in [5.74, 6) is 2.53. The molecule has 3 atom stereocenters. The van der Waals surface area contributed by atoms with E-state index < -0.39 is 0 Å². The predicted octanol–water partition coefficient (Wildman–Crippen LogP) is 2.47. The molecule has 1 heterocycles. The van der Waals surface area contributed by atoms with E-state index in [0.29, 0.717) is 12.1 Å². The van der Waals surface area contributed by atoms with Gasteiger partial charge in [0.1, 0.15) is 6.54 Å². The van der Waals surface area contributed by atoms with Crippen LogP contribution in [0.1, 0.15) is 38.5 Å². The predicted molar refractivity (Wildman–Crippen MR) is 118 cm³/mol. The van der Waals surface area contributed by atoms with E-state index in [2.05, 4.69) is 50.9 Å². The molecule has 4 rings (SSSR count). The zero-order chi connectivity index (χ0) is 20.2. The van der Waals surface area contributed by atoms with Crippen LogP contribution >= 0.6 is 0 Å². The van der Waals surface area contributed by atoms with Crippen LogP contribution in [0.2, 0.25) is 0 Å². The maximum atomic E-state index is 12.1. The Bertz CT molecular complexity index is 711. The first-order chi connectivity index (χ1) is 14.1. The molecular weight excluding hydrogens is 362 g/mol. The van der Waals surface area contributed by atoms with Crippen molar-refractivity contribution >= 4 is 17.6 Å². The fourth-order valence-electron chi connectivity index (χ4n) is 5.13. The Balaban J connectivity index is 1.35. The summed E-state index contributed by atoms with van der Waals surface area (Å²) < 4.78 is 0. The third kappa shape index (κ3) is 5.03. The number of carbonyl (C=O) groups excluding carboxylic acids is 1. The molecule has 6 nitrogen and oxygen atoms in total. The average molecular weight is 398 g/mol. The zero-order valence-corrected chi connectivity index (χ0v) is 17.8. The van der Waals surface area contributed by atoms with Gasteiger partial charge in [-0.15, -0.1) is 0 Å². The number of nitrogens with one attached hydrogen (secondary N) is 2. The van der Waals surface area contributed by atoms with E-state index in [-0.39, 0.29) is 12.5 Å². The van der Waals surface area contributed by atoms with Gasteiger partial charge in [-0.3, -0.25) is 4.79 Å². The molecule has 1 aromatic carbocycles. The van der Waals surface area contributed by atoms with Crippen molar-refractivity contribution in [2.45, 2.75) is 50.6 Å². The van der Waals surface area contributed by atoms with Crippen LogP contribution in [-0.2, 0) is 4.79 Å². The molecule has 29 heavy (non-hydrogen) atoms. The highest BCUT2D eigenvalue weighted by molar-refractivity contribution is 5.85. The fraction of sp³-hybridized carbons (Fsp3) is 0.652. The van der Waals surface area contributed by atoms with Gasteiger partial charge in [-0.25, -0.2) is 4.99 Å². The summed E-state index contributed by atoms with van der Waals surface area (Å²) in [5.41, 5.74) is 1.30. The van der Waals surface area contributed by atoms with E-state index in [1.165, 1.54) is 31.4 Å². The van der Waals surface area contributed by atoms with Crippen molar-refractivity contribution in [3.8, 4) is 0 Å². The molecule has 1 aromatic rings. The van der Waals surface area contributed by atoms with Gasteiger partial charge in [0.05, 0.1) is 0 Å². The van der Waals surface area contributed by atoms with Crippen molar-refractivity contribution in [1.82, 2.24) is 15.5 Å². The van der Waals surface area contributed by atoms with Crippen LogP contribution in [-0.4, -0.2) is 62.6 Å². The highest BCUT2D eigenvalue weighted by Gasteiger charge is 2.40. The second-order valence-corrected chi connectivity index (χ2v) is 9.12. The topological polar surface area (TPSA) is 60.0 Å². The number of anilines is 1. The van der Waals surface area contributed by atoms with E-state index in [0.717, 1.165) is 43.7 Å². The summed E-state index contributed by atoms with van der Waals surface area (Å²) in [5, 5.41) is 7.34. The quantitative estimate of drug-likeness (QED) is 0.592. The maximum absolute atomic E-state index is 12.1. The van der Waals surface area contributed by atoms with Crippen molar-refractivity contribution in [2.24, 2.45) is 16.8 Å². The Kier molecular flexibility index (Phi) is 6.26. The van der Waals surface area contributed by atoms with Gasteiger partial charge in [0.15, 0.2) is 5.96 Å². The summed E-state index contributed by atoms with van der Waals surface area (Å²) in [6.45, 7) is 2.28. The number of likely N-dealkylation sites (N-methyl/N-ethyl adjacent to an activating group) is 1. The van der Waals surface area contributed by atoms with Crippen LogP contribution in [0.4, 0.5) is 5.69 Å². The lowest BCUT2D eigenvalue weighted by Crippen LogP contribution is -2.52. The van der Waals surface area contributed by atoms with Crippen molar-refractivity contribution in [1.29, 1.82) is 0 Å². The van der Waals surface area contributed by atoms with E-state index in [9.17, 15) is 4.79 Å². The fourth-order valence-corrected chi connectivity index (χ4v) is 5.13. The molecule has 1 amide bonds. The van der Waals surface area contributed by atoms with Gasteiger partial charge in [-0.1, -0.05) is 24.6 Å². The number of piperidine rings is 1. The molecule has 158 valence electrons. The van der Waals surface area contributed by atoms with Crippen molar-refractivity contribution in [3.05, 3.63) is 30.3 Å². The van der Waals surface area contributed by atoms with E-state index in [1.807, 2.05) is 0 Å². The minimum absolute atomic E-state index is 0.0398. The van der Waals surface area contributed by atoms with Crippen LogP contribution in [0.15, 0.2) is 35.3 Å². The first kappa shape index (κ1) is 20.0. The van der Waals surface area contributed by atoms with E-state index in [1.54, 1.807) is 19.0 Å². The van der Waals surface area contributed by atoms with Gasteiger partial charge in [-0.05, 0) is 56.1 Å². The largest absolute Gasteiger partial charge is 0.371 e. The summed E-state index contributed by atoms with van der Waals surface area (Å²) in [7, 11) is 3.57. The molecule has 1 aliphatic heterocycles. The lowest BCUT2D eigenvalue weighted by molar-refractivity contribution is -0.127. The molecular formula is C23H35N5O. The second-order valence-electron chi connectivity index (χ2n) is 9.12. The molecule has 2 saturated carbocycles. The maximum Gasteiger partial charge on any atom is 0.243 e. The average Bonchev–Trinajstić information content (AvgIpc) is 3.36. The number of hydrogen-bond donors (Lipinski definition) is 2. The number of nitrogens with zero attached hydrogens (tertiary/aromatic N) is 3. The van der Waals surface area contributed by atoms with Crippen molar-refractivity contribution in [2.75, 3.05) is 38.6 Å². The van der Waals surface area contributed by atoms with Gasteiger partial charge in [0.25, 0.3) is 0 Å². The van der Waals surface area contributed by atoms with Crippen LogP contribution in [0.25, 0.3) is 0 Å². The Morgan fingerprint density at radius 2 is 1.83 bits per heavy atom. The SMILES string of the molecule is CN(C)C(=O)CN=C(NC1CCN(c2ccccc2)CC1)NC1CC2CCC1C2. The van der Waals surface area contributed by atoms with Gasteiger partial charge >= 0.3 is 0 Å². The molecule has 2 aliphatic carbocycles. The second kappa shape index (κ2) is 9.06. The highest BCUT2D eigenvalue weighted by Crippen LogP contribution is 2.44. The monoisotopic (exact) mass is 397 g/mol. The molecule has 2 N–H and O–H groups in total. The van der Waals surface area contributed by atoms with Crippen LogP contribution in [0, 0.1) is 11.8 Å². The smallest absolute Gasteiger partial charge is 0.243 e. The van der Waals surface area contributed by atoms with Gasteiger partial charge in [-0.2, -0.15) is 0 Å². The summed E-state index contributed by atoms with van der Waals surface area (Å²) in [6, 6.07) is 11.6. The summed E-state index contributed by atoms with van der Waals surface area (Å²) in [4.78, 5) is 20.8. The van der Waals surface area contributed by atoms with Gasteiger partial charge in [0, 0.05) is 45.0 Å². The summed E-state index contributed by atoms with van der Waals surface area (Å²) >= 11 is 0. The molecule has 0 aromatic heterocycles. The molecule has 3 aliphatic rings. The number of benzene rings is 1. The standard InChI is InChI=1S/C23H35N5O/c1-27(2)22(29)16-24-23(26-21-15-17-8-9-18(21)14-17)25-19-10-12-28(13-11-19)20-6-4-3-5-7-20/h3-7,17-19,21H,8-16H2,1-2H3,(H2,24,25,26). The number of para-hydroxylation sites is 1. The number of carbonyl (C=O) groups is 1. The minimum atomic E-state index is 0.0398. The first-order valence-corrected chi connectivity index (χ1v) is 11.2.